The van der Waals surface area contributed by atoms with Crippen molar-refractivity contribution in [2.45, 2.75) is 45.0 Å². The van der Waals surface area contributed by atoms with E-state index in [4.69, 9.17) is 9.47 Å². The molecule has 134 valence electrons. The average Bonchev–Trinajstić information content (AvgIpc) is 3.33. The highest BCUT2D eigenvalue weighted by Gasteiger charge is 2.48. The lowest BCUT2D eigenvalue weighted by atomic mass is 10.0. The molecule has 0 aliphatic carbocycles. The van der Waals surface area contributed by atoms with Crippen LogP contribution in [0.1, 0.15) is 27.2 Å². The van der Waals surface area contributed by atoms with Gasteiger partial charge in [0.25, 0.3) is 0 Å². The second kappa shape index (κ2) is 9.39. The molecule has 4 atom stereocenters. The first kappa shape index (κ1) is 20.1. The minimum absolute atomic E-state index is 0.168. The van der Waals surface area contributed by atoms with E-state index in [1.165, 1.54) is 13.2 Å². The molecule has 1 saturated heterocycles. The number of carbonyl (C=O) groups excluding carboxylic acids is 2. The summed E-state index contributed by atoms with van der Waals surface area (Å²) in [6.45, 7) is 6.02. The number of aliphatic hydroxyl groups is 1. The zero-order valence-electron chi connectivity index (χ0n) is 14.6. The predicted molar refractivity (Wildman–Crippen MR) is 89.1 cm³/mol. The van der Waals surface area contributed by atoms with Crippen molar-refractivity contribution in [2.75, 3.05) is 13.7 Å². The standard InChI is InChI=1S/C18H26O6/c1-5-13(2)16(20)17(21)24-14(18(3)12-23-18)10-8-6-7-9-11-15(19)22-4/h6-11,13-14,16,20H,5,12H2,1-4H3/b7-6+,10-8-,11-9+/t13-,14+,16+,18-/m0/s1. The SMILES string of the molecule is CC[C@H](C)[C@@H](O)C(=O)O[C@H](\C=C/C=C/C=C/C(=O)OC)[C@]1(C)CO1. The maximum Gasteiger partial charge on any atom is 0.335 e. The molecule has 1 heterocycles. The van der Waals surface area contributed by atoms with Crippen molar-refractivity contribution in [1.82, 2.24) is 0 Å². The lowest BCUT2D eigenvalue weighted by Crippen LogP contribution is -2.37. The number of aliphatic hydroxyl groups excluding tert-OH is 1. The second-order valence-electron chi connectivity index (χ2n) is 5.94. The Morgan fingerprint density at radius 3 is 2.46 bits per heavy atom. The number of hydrogen-bond acceptors (Lipinski definition) is 6. The Bertz CT molecular complexity index is 516. The highest BCUT2D eigenvalue weighted by molar-refractivity contribution is 5.82. The zero-order valence-corrected chi connectivity index (χ0v) is 14.6. The lowest BCUT2D eigenvalue weighted by Gasteiger charge is -2.22. The van der Waals surface area contributed by atoms with Gasteiger partial charge in [0, 0.05) is 6.08 Å². The van der Waals surface area contributed by atoms with E-state index >= 15 is 0 Å². The largest absolute Gasteiger partial charge is 0.466 e. The van der Waals surface area contributed by atoms with Gasteiger partial charge in [0.15, 0.2) is 12.2 Å². The summed E-state index contributed by atoms with van der Waals surface area (Å²) in [5.74, 6) is -1.25. The van der Waals surface area contributed by atoms with Crippen molar-refractivity contribution in [3.63, 3.8) is 0 Å². The topological polar surface area (TPSA) is 85.4 Å². The number of methoxy groups -OCH3 is 1. The zero-order chi connectivity index (χ0) is 18.2. The number of epoxide rings is 1. The third kappa shape index (κ3) is 6.29. The molecule has 6 nitrogen and oxygen atoms in total. The van der Waals surface area contributed by atoms with Crippen LogP contribution in [-0.4, -0.2) is 48.6 Å². The number of allylic oxidation sites excluding steroid dienone is 4. The molecule has 0 spiro atoms. The van der Waals surface area contributed by atoms with Crippen LogP contribution in [0.5, 0.6) is 0 Å². The van der Waals surface area contributed by atoms with E-state index in [-0.39, 0.29) is 5.92 Å². The molecule has 0 aromatic heterocycles. The molecule has 1 aliphatic heterocycles. The van der Waals surface area contributed by atoms with Crippen LogP contribution in [-0.2, 0) is 23.8 Å². The van der Waals surface area contributed by atoms with Gasteiger partial charge in [-0.3, -0.25) is 0 Å². The van der Waals surface area contributed by atoms with E-state index in [0.29, 0.717) is 13.0 Å². The fourth-order valence-corrected chi connectivity index (χ4v) is 1.79. The van der Waals surface area contributed by atoms with Gasteiger partial charge in [-0.15, -0.1) is 0 Å². The second-order valence-corrected chi connectivity index (χ2v) is 5.94. The van der Waals surface area contributed by atoms with E-state index in [1.807, 2.05) is 13.8 Å². The summed E-state index contributed by atoms with van der Waals surface area (Å²) in [6.07, 6.45) is 8.51. The minimum Gasteiger partial charge on any atom is -0.466 e. The van der Waals surface area contributed by atoms with Crippen molar-refractivity contribution in [3.8, 4) is 0 Å². The molecular formula is C18H26O6. The molecule has 0 radical (unpaired) electrons. The molecule has 0 unspecified atom stereocenters. The number of carbonyl (C=O) groups is 2. The molecule has 24 heavy (non-hydrogen) atoms. The highest BCUT2D eigenvalue weighted by Crippen LogP contribution is 2.33. The monoisotopic (exact) mass is 338 g/mol. The lowest BCUT2D eigenvalue weighted by molar-refractivity contribution is -0.162. The molecule has 0 amide bonds. The number of hydrogen-bond donors (Lipinski definition) is 1. The first-order valence-corrected chi connectivity index (χ1v) is 7.96. The maximum absolute atomic E-state index is 12.0. The summed E-state index contributed by atoms with van der Waals surface area (Å²) < 4.78 is 15.2. The predicted octanol–water partition coefficient (Wildman–Crippen LogP) is 1.94. The van der Waals surface area contributed by atoms with Crippen molar-refractivity contribution in [3.05, 3.63) is 36.5 Å². The Labute approximate surface area is 142 Å². The minimum atomic E-state index is -1.15. The fraction of sp³-hybridized carbons (Fsp3) is 0.556. The first-order chi connectivity index (χ1) is 11.3. The van der Waals surface area contributed by atoms with Gasteiger partial charge in [-0.25, -0.2) is 9.59 Å². The average molecular weight is 338 g/mol. The van der Waals surface area contributed by atoms with E-state index in [1.54, 1.807) is 37.3 Å². The molecule has 1 aliphatic rings. The van der Waals surface area contributed by atoms with Crippen LogP contribution >= 0.6 is 0 Å². The third-order valence-corrected chi connectivity index (χ3v) is 3.92. The molecule has 6 heteroatoms. The van der Waals surface area contributed by atoms with Crippen molar-refractivity contribution in [2.24, 2.45) is 5.92 Å². The molecule has 1 rings (SSSR count). The molecular weight excluding hydrogens is 312 g/mol. The van der Waals surface area contributed by atoms with Crippen LogP contribution < -0.4 is 0 Å². The number of rotatable bonds is 9. The molecule has 0 aromatic rings. The van der Waals surface area contributed by atoms with E-state index in [0.717, 1.165) is 0 Å². The number of ether oxygens (including phenoxy) is 3. The molecule has 0 saturated carbocycles. The van der Waals surface area contributed by atoms with E-state index < -0.39 is 29.7 Å². The smallest absolute Gasteiger partial charge is 0.335 e. The summed E-state index contributed by atoms with van der Waals surface area (Å²) in [6, 6.07) is 0. The summed E-state index contributed by atoms with van der Waals surface area (Å²) >= 11 is 0. The van der Waals surface area contributed by atoms with Gasteiger partial charge >= 0.3 is 11.9 Å². The van der Waals surface area contributed by atoms with Gasteiger partial charge in [-0.1, -0.05) is 44.6 Å². The summed E-state index contributed by atoms with van der Waals surface area (Å²) in [5.41, 5.74) is -0.559. The Morgan fingerprint density at radius 1 is 1.29 bits per heavy atom. The van der Waals surface area contributed by atoms with E-state index in [9.17, 15) is 14.7 Å². The van der Waals surface area contributed by atoms with Crippen LogP contribution in [0.25, 0.3) is 0 Å². The molecule has 0 bridgehead atoms. The van der Waals surface area contributed by atoms with Gasteiger partial charge in [-0.2, -0.15) is 0 Å². The van der Waals surface area contributed by atoms with Gasteiger partial charge < -0.3 is 19.3 Å². The normalized spacial score (nSPS) is 24.2. The highest BCUT2D eigenvalue weighted by atomic mass is 16.6. The summed E-state index contributed by atoms with van der Waals surface area (Å²) in [7, 11) is 1.30. The maximum atomic E-state index is 12.0. The third-order valence-electron chi connectivity index (χ3n) is 3.92. The molecule has 1 N–H and O–H groups in total. The Morgan fingerprint density at radius 2 is 1.92 bits per heavy atom. The van der Waals surface area contributed by atoms with Crippen molar-refractivity contribution >= 4 is 11.9 Å². The van der Waals surface area contributed by atoms with Crippen LogP contribution in [0.4, 0.5) is 0 Å². The first-order valence-electron chi connectivity index (χ1n) is 7.96. The van der Waals surface area contributed by atoms with E-state index in [2.05, 4.69) is 4.74 Å². The van der Waals surface area contributed by atoms with Gasteiger partial charge in [0.1, 0.15) is 5.60 Å². The quantitative estimate of drug-likeness (QED) is 0.299. The molecule has 1 fully saturated rings. The Kier molecular flexibility index (Phi) is 7.88. The Hall–Kier alpha value is -1.92. The van der Waals surface area contributed by atoms with Gasteiger partial charge in [0.2, 0.25) is 0 Å². The summed E-state index contributed by atoms with van der Waals surface area (Å²) in [4.78, 5) is 22.9. The fourth-order valence-electron chi connectivity index (χ4n) is 1.79. The van der Waals surface area contributed by atoms with Crippen LogP contribution in [0.3, 0.4) is 0 Å². The summed E-state index contributed by atoms with van der Waals surface area (Å²) in [5, 5.41) is 9.93. The molecule has 0 aromatic carbocycles. The van der Waals surface area contributed by atoms with Gasteiger partial charge in [0.05, 0.1) is 13.7 Å². The van der Waals surface area contributed by atoms with Crippen molar-refractivity contribution < 1.29 is 28.9 Å². The Balaban J connectivity index is 2.62. The van der Waals surface area contributed by atoms with Crippen LogP contribution in [0.15, 0.2) is 36.5 Å². The van der Waals surface area contributed by atoms with Crippen LogP contribution in [0.2, 0.25) is 0 Å². The number of esters is 2. The van der Waals surface area contributed by atoms with Crippen LogP contribution in [0, 0.1) is 5.92 Å². The van der Waals surface area contributed by atoms with Crippen molar-refractivity contribution in [1.29, 1.82) is 0 Å². The van der Waals surface area contributed by atoms with Gasteiger partial charge in [-0.05, 0) is 18.9 Å².